The van der Waals surface area contributed by atoms with Gasteiger partial charge in [-0.1, -0.05) is 22.0 Å². The topological polar surface area (TPSA) is 67.9 Å². The van der Waals surface area contributed by atoms with Crippen molar-refractivity contribution < 1.29 is 19.1 Å². The van der Waals surface area contributed by atoms with Gasteiger partial charge in [-0.3, -0.25) is 9.59 Å². The molecule has 2 amide bonds. The number of amides is 2. The summed E-state index contributed by atoms with van der Waals surface area (Å²) in [5.74, 6) is 1.16. The first kappa shape index (κ1) is 20.2. The third kappa shape index (κ3) is 4.84. The van der Waals surface area contributed by atoms with Gasteiger partial charge in [0.05, 0.1) is 19.3 Å². The molecule has 1 N–H and O–H groups in total. The molecule has 1 heterocycles. The summed E-state index contributed by atoms with van der Waals surface area (Å²) in [6.07, 6.45) is 0.280. The fourth-order valence-electron chi connectivity index (χ4n) is 3.11. The zero-order valence-electron chi connectivity index (χ0n) is 16.0. The molecule has 0 bridgehead atoms. The quantitative estimate of drug-likeness (QED) is 0.735. The van der Waals surface area contributed by atoms with E-state index in [4.69, 9.17) is 9.47 Å². The lowest BCUT2D eigenvalue weighted by Gasteiger charge is -2.30. The molecule has 148 valence electrons. The molecule has 0 radical (unpaired) electrons. The third-order valence-electron chi connectivity index (χ3n) is 4.56. The molecule has 0 aliphatic carbocycles. The number of nitrogens with one attached hydrogen (secondary N) is 1. The summed E-state index contributed by atoms with van der Waals surface area (Å²) in [5.41, 5.74) is 2.70. The largest absolute Gasteiger partial charge is 0.496 e. The number of carbonyl (C=O) groups excluding carboxylic acids is 2. The van der Waals surface area contributed by atoms with Crippen LogP contribution < -0.4 is 19.7 Å². The van der Waals surface area contributed by atoms with Crippen LogP contribution in [0.4, 0.5) is 5.69 Å². The predicted octanol–water partition coefficient (Wildman–Crippen LogP) is 3.59. The SMILES string of the molecule is COc1ccc(Br)cc1CNC(=O)CCC(=O)N1CCOc2ccc(C)cc21. The summed E-state index contributed by atoms with van der Waals surface area (Å²) in [7, 11) is 1.59. The molecule has 0 unspecified atom stereocenters. The molecule has 3 rings (SSSR count). The van der Waals surface area contributed by atoms with E-state index < -0.39 is 0 Å². The normalized spacial score (nSPS) is 12.8. The fourth-order valence-corrected chi connectivity index (χ4v) is 3.52. The highest BCUT2D eigenvalue weighted by atomic mass is 79.9. The van der Waals surface area contributed by atoms with Gasteiger partial charge in [0.25, 0.3) is 0 Å². The van der Waals surface area contributed by atoms with Crippen LogP contribution in [-0.4, -0.2) is 32.1 Å². The van der Waals surface area contributed by atoms with E-state index in [-0.39, 0.29) is 24.7 Å². The molecule has 1 aliphatic rings. The van der Waals surface area contributed by atoms with E-state index in [1.807, 2.05) is 43.3 Å². The monoisotopic (exact) mass is 446 g/mol. The van der Waals surface area contributed by atoms with Gasteiger partial charge in [-0.15, -0.1) is 0 Å². The minimum atomic E-state index is -0.173. The number of hydrogen-bond donors (Lipinski definition) is 1. The Hall–Kier alpha value is -2.54. The molecule has 2 aromatic carbocycles. The van der Waals surface area contributed by atoms with Crippen LogP contribution in [0.25, 0.3) is 0 Å². The van der Waals surface area contributed by atoms with Crippen LogP contribution in [0.1, 0.15) is 24.0 Å². The van der Waals surface area contributed by atoms with Gasteiger partial charge >= 0.3 is 0 Å². The molecule has 1 aliphatic heterocycles. The Bertz CT molecular complexity index is 885. The number of halogens is 1. The number of rotatable bonds is 6. The van der Waals surface area contributed by atoms with Crippen molar-refractivity contribution in [2.75, 3.05) is 25.2 Å². The third-order valence-corrected chi connectivity index (χ3v) is 5.06. The van der Waals surface area contributed by atoms with Crippen molar-refractivity contribution in [1.29, 1.82) is 0 Å². The molecule has 0 atom stereocenters. The van der Waals surface area contributed by atoms with Crippen LogP contribution in [-0.2, 0) is 16.1 Å². The zero-order valence-corrected chi connectivity index (χ0v) is 17.5. The van der Waals surface area contributed by atoms with E-state index in [1.165, 1.54) is 0 Å². The second-order valence-electron chi connectivity index (χ2n) is 6.60. The molecule has 6 nitrogen and oxygen atoms in total. The zero-order chi connectivity index (χ0) is 20.1. The molecule has 0 fully saturated rings. The van der Waals surface area contributed by atoms with Crippen molar-refractivity contribution in [1.82, 2.24) is 5.32 Å². The van der Waals surface area contributed by atoms with Crippen LogP contribution in [0.15, 0.2) is 40.9 Å². The van der Waals surface area contributed by atoms with E-state index >= 15 is 0 Å². The number of hydrogen-bond acceptors (Lipinski definition) is 4. The van der Waals surface area contributed by atoms with E-state index in [9.17, 15) is 9.59 Å². The van der Waals surface area contributed by atoms with Crippen molar-refractivity contribution in [2.24, 2.45) is 0 Å². The number of ether oxygens (including phenoxy) is 2. The minimum absolute atomic E-state index is 0.0784. The van der Waals surface area contributed by atoms with Gasteiger partial charge in [-0.05, 0) is 42.8 Å². The summed E-state index contributed by atoms with van der Waals surface area (Å²) < 4.78 is 11.8. The molecule has 0 aromatic heterocycles. The number of benzene rings is 2. The van der Waals surface area contributed by atoms with E-state index in [0.29, 0.717) is 31.2 Å². The van der Waals surface area contributed by atoms with Crippen molar-refractivity contribution in [3.05, 3.63) is 52.0 Å². The van der Waals surface area contributed by atoms with Gasteiger partial charge in [0, 0.05) is 29.4 Å². The molecular weight excluding hydrogens is 424 g/mol. The van der Waals surface area contributed by atoms with Gasteiger partial charge in [-0.25, -0.2) is 0 Å². The Morgan fingerprint density at radius 1 is 1.21 bits per heavy atom. The Morgan fingerprint density at radius 2 is 2.04 bits per heavy atom. The Labute approximate surface area is 172 Å². The van der Waals surface area contributed by atoms with Gasteiger partial charge in [-0.2, -0.15) is 0 Å². The lowest BCUT2D eigenvalue weighted by Crippen LogP contribution is -2.38. The average Bonchev–Trinajstić information content (AvgIpc) is 2.70. The Kier molecular flexibility index (Phi) is 6.57. The maximum Gasteiger partial charge on any atom is 0.227 e. The number of nitrogens with zero attached hydrogens (tertiary/aromatic N) is 1. The van der Waals surface area contributed by atoms with Crippen molar-refractivity contribution >= 4 is 33.4 Å². The van der Waals surface area contributed by atoms with Crippen LogP contribution in [0.2, 0.25) is 0 Å². The summed E-state index contributed by atoms with van der Waals surface area (Å²) in [5, 5.41) is 2.85. The maximum atomic E-state index is 12.7. The van der Waals surface area contributed by atoms with Gasteiger partial charge in [0.2, 0.25) is 11.8 Å². The first-order valence-electron chi connectivity index (χ1n) is 9.11. The highest BCUT2D eigenvalue weighted by Crippen LogP contribution is 2.32. The number of anilines is 1. The maximum absolute atomic E-state index is 12.7. The Morgan fingerprint density at radius 3 is 2.82 bits per heavy atom. The number of aryl methyl sites for hydroxylation is 1. The summed E-state index contributed by atoms with van der Waals surface area (Å²) >= 11 is 3.42. The van der Waals surface area contributed by atoms with Gasteiger partial charge in [0.1, 0.15) is 18.1 Å². The fraction of sp³-hybridized carbons (Fsp3) is 0.333. The van der Waals surface area contributed by atoms with Crippen LogP contribution >= 0.6 is 15.9 Å². The van der Waals surface area contributed by atoms with Crippen molar-refractivity contribution in [3.8, 4) is 11.5 Å². The number of fused-ring (bicyclic) bond motifs is 1. The highest BCUT2D eigenvalue weighted by Gasteiger charge is 2.24. The lowest BCUT2D eigenvalue weighted by atomic mass is 10.1. The van der Waals surface area contributed by atoms with Crippen molar-refractivity contribution in [2.45, 2.75) is 26.3 Å². The summed E-state index contributed by atoms with van der Waals surface area (Å²) in [6, 6.07) is 11.4. The summed E-state index contributed by atoms with van der Waals surface area (Å²) in [6.45, 7) is 3.26. The molecule has 0 saturated heterocycles. The highest BCUT2D eigenvalue weighted by molar-refractivity contribution is 9.10. The number of methoxy groups -OCH3 is 1. The van der Waals surface area contributed by atoms with Crippen molar-refractivity contribution in [3.63, 3.8) is 0 Å². The van der Waals surface area contributed by atoms with E-state index in [0.717, 1.165) is 21.3 Å². The molecule has 0 saturated carbocycles. The first-order valence-corrected chi connectivity index (χ1v) is 9.90. The summed E-state index contributed by atoms with van der Waals surface area (Å²) in [4.78, 5) is 26.6. The van der Waals surface area contributed by atoms with Crippen LogP contribution in [0.3, 0.4) is 0 Å². The minimum Gasteiger partial charge on any atom is -0.496 e. The standard InChI is InChI=1S/C21H23BrN2O4/c1-14-3-5-19-17(11-14)24(9-10-28-19)21(26)8-7-20(25)23-13-15-12-16(22)4-6-18(15)27-2/h3-6,11-12H,7-10,13H2,1-2H3,(H,23,25). The first-order chi connectivity index (χ1) is 13.5. The number of carbonyl (C=O) groups is 2. The van der Waals surface area contributed by atoms with Crippen LogP contribution in [0, 0.1) is 6.92 Å². The van der Waals surface area contributed by atoms with E-state index in [2.05, 4.69) is 21.2 Å². The molecule has 28 heavy (non-hydrogen) atoms. The molecular formula is C21H23BrN2O4. The van der Waals surface area contributed by atoms with Crippen LogP contribution in [0.5, 0.6) is 11.5 Å². The Balaban J connectivity index is 1.55. The lowest BCUT2D eigenvalue weighted by molar-refractivity contribution is -0.125. The molecule has 2 aromatic rings. The smallest absolute Gasteiger partial charge is 0.227 e. The second-order valence-corrected chi connectivity index (χ2v) is 7.51. The molecule has 0 spiro atoms. The predicted molar refractivity (Wildman–Crippen MR) is 111 cm³/mol. The molecule has 7 heteroatoms. The van der Waals surface area contributed by atoms with Gasteiger partial charge in [0.15, 0.2) is 0 Å². The average molecular weight is 447 g/mol. The van der Waals surface area contributed by atoms with Gasteiger partial charge < -0.3 is 19.7 Å². The van der Waals surface area contributed by atoms with E-state index in [1.54, 1.807) is 12.0 Å². The second kappa shape index (κ2) is 9.10.